The maximum atomic E-state index is 5.43. The second-order valence-corrected chi connectivity index (χ2v) is 5.81. The molecule has 0 radical (unpaired) electrons. The molecule has 1 saturated heterocycles. The Morgan fingerprint density at radius 2 is 1.95 bits per heavy atom. The van der Waals surface area contributed by atoms with Gasteiger partial charge in [0.1, 0.15) is 5.82 Å². The topological polar surface area (TPSA) is 65.2 Å². The van der Waals surface area contributed by atoms with Crippen LogP contribution < -0.4 is 0 Å². The third-order valence-electron chi connectivity index (χ3n) is 3.66. The number of hydrogen-bond donors (Lipinski definition) is 0. The standard InChI is InChI=1S/C13H12BrN5O/c14-9-5-10-12(15-6-9)16-7-11-17-18-13(19(10)11)8-1-3-20-4-2-8/h5-8H,1-4H2. The van der Waals surface area contributed by atoms with Crippen LogP contribution in [-0.2, 0) is 4.74 Å². The normalized spacial score (nSPS) is 17.1. The zero-order chi connectivity index (χ0) is 13.5. The molecule has 1 aliphatic heterocycles. The molecule has 102 valence electrons. The molecule has 0 saturated carbocycles. The summed E-state index contributed by atoms with van der Waals surface area (Å²) in [7, 11) is 0. The van der Waals surface area contributed by atoms with Crippen molar-refractivity contribution in [2.24, 2.45) is 0 Å². The molecule has 3 aromatic rings. The second-order valence-electron chi connectivity index (χ2n) is 4.89. The van der Waals surface area contributed by atoms with Crippen molar-refractivity contribution >= 4 is 32.7 Å². The van der Waals surface area contributed by atoms with Gasteiger partial charge in [0.05, 0.1) is 11.7 Å². The Hall–Kier alpha value is -1.60. The minimum Gasteiger partial charge on any atom is -0.381 e. The summed E-state index contributed by atoms with van der Waals surface area (Å²) >= 11 is 3.46. The number of ether oxygens (including phenoxy) is 1. The zero-order valence-corrected chi connectivity index (χ0v) is 12.2. The molecular formula is C13H12BrN5O. The highest BCUT2D eigenvalue weighted by Crippen LogP contribution is 2.28. The summed E-state index contributed by atoms with van der Waals surface area (Å²) < 4.78 is 8.41. The third kappa shape index (κ3) is 1.89. The molecular weight excluding hydrogens is 322 g/mol. The van der Waals surface area contributed by atoms with Crippen LogP contribution in [0.2, 0.25) is 0 Å². The molecule has 0 atom stereocenters. The summed E-state index contributed by atoms with van der Waals surface area (Å²) in [4.78, 5) is 8.67. The quantitative estimate of drug-likeness (QED) is 0.683. The summed E-state index contributed by atoms with van der Waals surface area (Å²) in [5.41, 5.74) is 2.40. The minimum atomic E-state index is 0.378. The Bertz CT molecular complexity index is 781. The Balaban J connectivity index is 1.99. The number of halogens is 1. The monoisotopic (exact) mass is 333 g/mol. The molecule has 0 N–H and O–H groups in total. The van der Waals surface area contributed by atoms with Gasteiger partial charge in [0.15, 0.2) is 11.3 Å². The Labute approximate surface area is 123 Å². The number of aromatic nitrogens is 5. The van der Waals surface area contributed by atoms with Crippen LogP contribution in [-0.4, -0.2) is 37.8 Å². The molecule has 0 unspecified atom stereocenters. The number of pyridine rings is 1. The van der Waals surface area contributed by atoms with E-state index in [1.54, 1.807) is 12.4 Å². The van der Waals surface area contributed by atoms with Crippen LogP contribution in [0.1, 0.15) is 24.6 Å². The third-order valence-corrected chi connectivity index (χ3v) is 4.09. The minimum absolute atomic E-state index is 0.378. The number of fused-ring (bicyclic) bond motifs is 3. The molecule has 0 aromatic carbocycles. The van der Waals surface area contributed by atoms with E-state index >= 15 is 0 Å². The van der Waals surface area contributed by atoms with Gasteiger partial charge in [-0.05, 0) is 34.8 Å². The SMILES string of the molecule is Brc1cnc2ncc3nnc(C4CCOCC4)n3c2c1. The van der Waals surface area contributed by atoms with E-state index in [1.165, 1.54) is 0 Å². The van der Waals surface area contributed by atoms with Crippen molar-refractivity contribution < 1.29 is 4.74 Å². The van der Waals surface area contributed by atoms with Crippen molar-refractivity contribution in [3.63, 3.8) is 0 Å². The molecule has 6 nitrogen and oxygen atoms in total. The van der Waals surface area contributed by atoms with Gasteiger partial charge in [-0.1, -0.05) is 0 Å². The van der Waals surface area contributed by atoms with Gasteiger partial charge < -0.3 is 4.74 Å². The average molecular weight is 334 g/mol. The molecule has 0 aliphatic carbocycles. The fourth-order valence-electron chi connectivity index (χ4n) is 2.66. The highest BCUT2D eigenvalue weighted by atomic mass is 79.9. The van der Waals surface area contributed by atoms with Crippen molar-refractivity contribution in [1.82, 2.24) is 24.6 Å². The van der Waals surface area contributed by atoms with Gasteiger partial charge in [-0.25, -0.2) is 9.97 Å². The van der Waals surface area contributed by atoms with Gasteiger partial charge >= 0.3 is 0 Å². The van der Waals surface area contributed by atoms with Crippen molar-refractivity contribution in [3.8, 4) is 0 Å². The molecule has 0 spiro atoms. The van der Waals surface area contributed by atoms with Crippen LogP contribution >= 0.6 is 15.9 Å². The van der Waals surface area contributed by atoms with E-state index in [4.69, 9.17) is 4.74 Å². The van der Waals surface area contributed by atoms with E-state index in [0.29, 0.717) is 11.6 Å². The lowest BCUT2D eigenvalue weighted by atomic mass is 9.99. The van der Waals surface area contributed by atoms with E-state index in [-0.39, 0.29) is 0 Å². The molecule has 1 fully saturated rings. The van der Waals surface area contributed by atoms with Crippen LogP contribution in [0, 0.1) is 0 Å². The second kappa shape index (κ2) is 4.75. The van der Waals surface area contributed by atoms with E-state index in [1.807, 2.05) is 6.07 Å². The number of hydrogen-bond acceptors (Lipinski definition) is 5. The molecule has 3 aromatic heterocycles. The average Bonchev–Trinajstić information content (AvgIpc) is 2.92. The van der Waals surface area contributed by atoms with Gasteiger partial charge in [-0.3, -0.25) is 4.40 Å². The predicted octanol–water partition coefficient (Wildman–Crippen LogP) is 2.33. The largest absolute Gasteiger partial charge is 0.381 e. The maximum Gasteiger partial charge on any atom is 0.179 e. The highest BCUT2D eigenvalue weighted by Gasteiger charge is 2.22. The van der Waals surface area contributed by atoms with Crippen molar-refractivity contribution in [2.45, 2.75) is 18.8 Å². The maximum absolute atomic E-state index is 5.43. The van der Waals surface area contributed by atoms with E-state index in [0.717, 1.165) is 47.5 Å². The van der Waals surface area contributed by atoms with Gasteiger partial charge in [-0.15, -0.1) is 10.2 Å². The molecule has 4 rings (SSSR count). The van der Waals surface area contributed by atoms with Gasteiger partial charge in [0.25, 0.3) is 0 Å². The molecule has 0 bridgehead atoms. The first-order valence-electron chi connectivity index (χ1n) is 6.56. The highest BCUT2D eigenvalue weighted by molar-refractivity contribution is 9.10. The first-order chi connectivity index (χ1) is 9.83. The molecule has 4 heterocycles. The van der Waals surface area contributed by atoms with Crippen LogP contribution in [0.15, 0.2) is 22.9 Å². The van der Waals surface area contributed by atoms with E-state index in [9.17, 15) is 0 Å². The molecule has 7 heteroatoms. The lowest BCUT2D eigenvalue weighted by Crippen LogP contribution is -2.16. The van der Waals surface area contributed by atoms with Crippen LogP contribution in [0.4, 0.5) is 0 Å². The summed E-state index contributed by atoms with van der Waals surface area (Å²) in [5.74, 6) is 1.36. The summed E-state index contributed by atoms with van der Waals surface area (Å²) in [6.45, 7) is 1.56. The first-order valence-corrected chi connectivity index (χ1v) is 7.35. The van der Waals surface area contributed by atoms with Crippen molar-refractivity contribution in [2.75, 3.05) is 13.2 Å². The smallest absolute Gasteiger partial charge is 0.179 e. The number of nitrogens with zero attached hydrogens (tertiary/aromatic N) is 5. The lowest BCUT2D eigenvalue weighted by molar-refractivity contribution is 0.0834. The Morgan fingerprint density at radius 3 is 2.80 bits per heavy atom. The lowest BCUT2D eigenvalue weighted by Gasteiger charge is -2.20. The Kier molecular flexibility index (Phi) is 2.89. The van der Waals surface area contributed by atoms with E-state index < -0.39 is 0 Å². The molecule has 20 heavy (non-hydrogen) atoms. The Morgan fingerprint density at radius 1 is 1.15 bits per heavy atom. The summed E-state index contributed by atoms with van der Waals surface area (Å²) in [5, 5.41) is 8.61. The summed E-state index contributed by atoms with van der Waals surface area (Å²) in [6.07, 6.45) is 5.43. The van der Waals surface area contributed by atoms with Crippen molar-refractivity contribution in [1.29, 1.82) is 0 Å². The molecule has 0 amide bonds. The van der Waals surface area contributed by atoms with Crippen molar-refractivity contribution in [3.05, 3.63) is 28.8 Å². The number of rotatable bonds is 1. The van der Waals surface area contributed by atoms with Gasteiger partial charge in [-0.2, -0.15) is 0 Å². The predicted molar refractivity (Wildman–Crippen MR) is 76.6 cm³/mol. The molecule has 1 aliphatic rings. The van der Waals surface area contributed by atoms with Crippen LogP contribution in [0.25, 0.3) is 16.8 Å². The first kappa shape index (κ1) is 12.2. The van der Waals surface area contributed by atoms with Gasteiger partial charge in [0, 0.05) is 29.8 Å². The van der Waals surface area contributed by atoms with Crippen LogP contribution in [0.5, 0.6) is 0 Å². The summed E-state index contributed by atoms with van der Waals surface area (Å²) in [6, 6.07) is 2.01. The van der Waals surface area contributed by atoms with Crippen LogP contribution in [0.3, 0.4) is 0 Å². The fourth-order valence-corrected chi connectivity index (χ4v) is 2.98. The van der Waals surface area contributed by atoms with Gasteiger partial charge in [0.2, 0.25) is 0 Å². The zero-order valence-electron chi connectivity index (χ0n) is 10.7. The van der Waals surface area contributed by atoms with E-state index in [2.05, 4.69) is 40.5 Å². The fraction of sp³-hybridized carbons (Fsp3) is 0.385.